The lowest BCUT2D eigenvalue weighted by Crippen LogP contribution is -2.07. The Kier molecular flexibility index (Phi) is 4.16. The molecule has 2 aromatic heterocycles. The molecule has 0 spiro atoms. The Hall–Kier alpha value is -3.88. The molecule has 9 heteroatoms. The van der Waals surface area contributed by atoms with Gasteiger partial charge < -0.3 is 15.7 Å². The zero-order chi connectivity index (χ0) is 20.8. The van der Waals surface area contributed by atoms with E-state index in [4.69, 9.17) is 0 Å². The fourth-order valence-corrected chi connectivity index (χ4v) is 3.25. The minimum absolute atomic E-state index is 0.138. The summed E-state index contributed by atoms with van der Waals surface area (Å²) in [6.45, 7) is 0. The van der Waals surface area contributed by atoms with Crippen molar-refractivity contribution in [2.24, 2.45) is 0 Å². The van der Waals surface area contributed by atoms with E-state index in [0.29, 0.717) is 27.6 Å². The van der Waals surface area contributed by atoms with Gasteiger partial charge in [-0.05, 0) is 37.1 Å². The molecule has 0 bridgehead atoms. The number of hydrogen-bond donors (Lipinski definition) is 3. The van der Waals surface area contributed by atoms with Crippen molar-refractivity contribution in [3.05, 3.63) is 59.8 Å². The van der Waals surface area contributed by atoms with E-state index < -0.39 is 17.6 Å². The van der Waals surface area contributed by atoms with Crippen molar-refractivity contribution in [1.29, 1.82) is 0 Å². The van der Waals surface area contributed by atoms with Gasteiger partial charge in [0.05, 0.1) is 11.1 Å². The van der Waals surface area contributed by atoms with E-state index >= 15 is 0 Å². The summed E-state index contributed by atoms with van der Waals surface area (Å²) >= 11 is 0. The molecule has 7 nitrogen and oxygen atoms in total. The van der Waals surface area contributed by atoms with Crippen molar-refractivity contribution in [3.8, 4) is 0 Å². The quantitative estimate of drug-likeness (QED) is 0.420. The summed E-state index contributed by atoms with van der Waals surface area (Å²) in [6, 6.07) is 8.04. The van der Waals surface area contributed by atoms with Crippen LogP contribution >= 0.6 is 0 Å². The number of fused-ring (bicyclic) bond motifs is 3. The third-order valence-corrected chi connectivity index (χ3v) is 4.82. The highest BCUT2D eigenvalue weighted by atomic mass is 19.1. The molecule has 0 atom stereocenters. The number of halogens is 2. The normalized spacial score (nSPS) is 13.5. The Morgan fingerprint density at radius 2 is 1.80 bits per heavy atom. The summed E-state index contributed by atoms with van der Waals surface area (Å²) in [6.07, 6.45) is 3.60. The van der Waals surface area contributed by atoms with Crippen LogP contribution in [0.3, 0.4) is 0 Å². The van der Waals surface area contributed by atoms with Crippen LogP contribution in [-0.4, -0.2) is 32.1 Å². The maximum absolute atomic E-state index is 13.5. The monoisotopic (exact) mass is 407 g/mol. The van der Waals surface area contributed by atoms with Crippen LogP contribution < -0.4 is 10.6 Å². The van der Waals surface area contributed by atoms with Crippen molar-refractivity contribution in [3.63, 3.8) is 0 Å². The second-order valence-corrected chi connectivity index (χ2v) is 7.16. The number of carboxylic acids is 1. The van der Waals surface area contributed by atoms with E-state index in [1.165, 1.54) is 12.1 Å². The summed E-state index contributed by atoms with van der Waals surface area (Å²) in [7, 11) is 0. The topological polar surface area (TPSA) is 100 Å². The lowest BCUT2D eigenvalue weighted by molar-refractivity contribution is 0.0697. The van der Waals surface area contributed by atoms with Gasteiger partial charge in [0, 0.05) is 34.8 Å². The molecular weight excluding hydrogens is 392 g/mol. The third kappa shape index (κ3) is 3.45. The van der Waals surface area contributed by atoms with E-state index in [9.17, 15) is 18.7 Å². The second-order valence-electron chi connectivity index (χ2n) is 7.16. The van der Waals surface area contributed by atoms with Crippen LogP contribution in [0.25, 0.3) is 21.8 Å². The molecule has 1 aliphatic carbocycles. The number of benzene rings is 2. The maximum Gasteiger partial charge on any atom is 0.335 e. The first-order valence-electron chi connectivity index (χ1n) is 9.30. The zero-order valence-electron chi connectivity index (χ0n) is 15.5. The Bertz CT molecular complexity index is 1300. The molecule has 0 aliphatic heterocycles. The van der Waals surface area contributed by atoms with Crippen molar-refractivity contribution < 1.29 is 18.7 Å². The van der Waals surface area contributed by atoms with Crippen molar-refractivity contribution in [2.75, 3.05) is 10.6 Å². The molecule has 2 heterocycles. The third-order valence-electron chi connectivity index (χ3n) is 4.82. The largest absolute Gasteiger partial charge is 0.478 e. The number of nitrogens with one attached hydrogen (secondary N) is 2. The van der Waals surface area contributed by atoms with Gasteiger partial charge in [-0.25, -0.2) is 28.5 Å². The molecule has 0 radical (unpaired) electrons. The van der Waals surface area contributed by atoms with Gasteiger partial charge in [-0.15, -0.1) is 0 Å². The molecule has 2 aromatic carbocycles. The number of aromatic nitrogens is 3. The van der Waals surface area contributed by atoms with Crippen molar-refractivity contribution >= 4 is 45.2 Å². The van der Waals surface area contributed by atoms with Gasteiger partial charge in [0.25, 0.3) is 0 Å². The van der Waals surface area contributed by atoms with Crippen LogP contribution in [0.15, 0.2) is 42.6 Å². The van der Waals surface area contributed by atoms with Crippen LogP contribution in [0.2, 0.25) is 0 Å². The Morgan fingerprint density at radius 1 is 1.03 bits per heavy atom. The minimum atomic E-state index is -1.03. The number of anilines is 3. The highest BCUT2D eigenvalue weighted by Crippen LogP contribution is 2.32. The fraction of sp³-hybridized carbons (Fsp3) is 0.143. The molecule has 0 unspecified atom stereocenters. The maximum atomic E-state index is 13.5. The summed E-state index contributed by atoms with van der Waals surface area (Å²) < 4.78 is 27.0. The summed E-state index contributed by atoms with van der Waals surface area (Å²) in [4.78, 5) is 24.7. The number of carboxylic acid groups (broad SMARTS) is 1. The highest BCUT2D eigenvalue weighted by molar-refractivity contribution is 6.09. The van der Waals surface area contributed by atoms with Crippen LogP contribution in [0.1, 0.15) is 23.2 Å². The second kappa shape index (κ2) is 6.87. The lowest BCUT2D eigenvalue weighted by Gasteiger charge is -2.12. The smallest absolute Gasteiger partial charge is 0.335 e. The molecule has 5 rings (SSSR count). The van der Waals surface area contributed by atoms with E-state index in [1.54, 1.807) is 12.3 Å². The molecule has 3 N–H and O–H groups in total. The summed E-state index contributed by atoms with van der Waals surface area (Å²) in [5, 5.41) is 16.8. The van der Waals surface area contributed by atoms with Gasteiger partial charge in [0.15, 0.2) is 5.82 Å². The molecule has 0 saturated heterocycles. The van der Waals surface area contributed by atoms with Crippen LogP contribution in [0.4, 0.5) is 26.2 Å². The van der Waals surface area contributed by atoms with Gasteiger partial charge in [-0.1, -0.05) is 6.07 Å². The van der Waals surface area contributed by atoms with Gasteiger partial charge in [-0.2, -0.15) is 0 Å². The molecule has 30 heavy (non-hydrogen) atoms. The fourth-order valence-electron chi connectivity index (χ4n) is 3.25. The average Bonchev–Trinajstić information content (AvgIpc) is 3.51. The first kappa shape index (κ1) is 18.2. The molecule has 1 saturated carbocycles. The van der Waals surface area contributed by atoms with E-state index in [2.05, 4.69) is 25.6 Å². The predicted molar refractivity (Wildman–Crippen MR) is 108 cm³/mol. The molecular formula is C21H15F2N5O2. The van der Waals surface area contributed by atoms with Gasteiger partial charge >= 0.3 is 5.97 Å². The molecule has 0 amide bonds. The van der Waals surface area contributed by atoms with Crippen molar-refractivity contribution in [1.82, 2.24) is 15.0 Å². The first-order valence-corrected chi connectivity index (χ1v) is 9.30. The van der Waals surface area contributed by atoms with E-state index in [0.717, 1.165) is 31.0 Å². The van der Waals surface area contributed by atoms with Gasteiger partial charge in [0.1, 0.15) is 17.2 Å². The Balaban J connectivity index is 1.64. The number of aromatic carboxylic acids is 1. The predicted octanol–water partition coefficient (Wildman–Crippen LogP) is 4.47. The molecule has 4 aromatic rings. The minimum Gasteiger partial charge on any atom is -0.478 e. The summed E-state index contributed by atoms with van der Waals surface area (Å²) in [5.41, 5.74) is 1.37. The number of nitrogens with zero attached hydrogens (tertiary/aromatic N) is 3. The number of carbonyl (C=O) groups is 1. The molecule has 1 aliphatic rings. The Labute approximate surface area is 168 Å². The lowest BCUT2D eigenvalue weighted by atomic mass is 10.1. The average molecular weight is 407 g/mol. The Morgan fingerprint density at radius 3 is 2.50 bits per heavy atom. The van der Waals surface area contributed by atoms with Crippen molar-refractivity contribution in [2.45, 2.75) is 18.9 Å². The molecule has 150 valence electrons. The van der Waals surface area contributed by atoms with Crippen LogP contribution in [-0.2, 0) is 0 Å². The van der Waals surface area contributed by atoms with E-state index in [-0.39, 0.29) is 23.2 Å². The van der Waals surface area contributed by atoms with Crippen LogP contribution in [0, 0.1) is 11.6 Å². The zero-order valence-corrected chi connectivity index (χ0v) is 15.5. The number of pyridine rings is 1. The SMILES string of the molecule is O=C(O)c1ccc2c(c1)nc(NC1CC1)c1nc(Nc3cc(F)cc(F)c3)ncc12. The molecule has 1 fully saturated rings. The number of rotatable bonds is 5. The highest BCUT2D eigenvalue weighted by Gasteiger charge is 2.23. The summed E-state index contributed by atoms with van der Waals surface area (Å²) in [5.74, 6) is -1.78. The standard InChI is InChI=1S/C21H15F2N5O2/c22-11-6-12(23)8-14(7-11)26-21-24-9-16-15-4-1-10(20(29)30)5-17(15)27-19(18(16)28-21)25-13-2-3-13/h1,4-9,13H,2-3H2,(H,25,27)(H,29,30)(H,24,26,28). The number of hydrogen-bond acceptors (Lipinski definition) is 6. The van der Waals surface area contributed by atoms with E-state index in [1.807, 2.05) is 0 Å². The van der Waals surface area contributed by atoms with Gasteiger partial charge in [0.2, 0.25) is 5.95 Å². The van der Waals surface area contributed by atoms with Crippen LogP contribution in [0.5, 0.6) is 0 Å². The first-order chi connectivity index (χ1) is 14.5. The van der Waals surface area contributed by atoms with Gasteiger partial charge in [-0.3, -0.25) is 0 Å².